The average Bonchev–Trinajstić information content (AvgIpc) is 3.04. The van der Waals surface area contributed by atoms with Gasteiger partial charge in [-0.15, -0.1) is 0 Å². The number of pyridine rings is 1. The van der Waals surface area contributed by atoms with Gasteiger partial charge in [0.25, 0.3) is 11.5 Å². The maximum absolute atomic E-state index is 12.9. The molecular weight excluding hydrogens is 344 g/mol. The van der Waals surface area contributed by atoms with Crippen LogP contribution >= 0.6 is 0 Å². The maximum Gasteiger partial charge on any atom is 0.263 e. The molecule has 1 unspecified atom stereocenters. The van der Waals surface area contributed by atoms with E-state index in [4.69, 9.17) is 9.47 Å². The number of benzene rings is 1. The topological polar surface area (TPSA) is 60.8 Å². The minimum atomic E-state index is -0.555. The summed E-state index contributed by atoms with van der Waals surface area (Å²) in [4.78, 5) is 27.5. The number of nitrogens with zero attached hydrogens (tertiary/aromatic N) is 2. The van der Waals surface area contributed by atoms with Gasteiger partial charge in [-0.3, -0.25) is 9.59 Å². The second kappa shape index (κ2) is 7.29. The SMILES string of the molecule is CC1COC2(CCN(C(=O)c3cccn(Cc4ccccc4)c3=O)CC2)O1. The molecule has 0 saturated carbocycles. The lowest BCUT2D eigenvalue weighted by Gasteiger charge is -2.37. The van der Waals surface area contributed by atoms with Gasteiger partial charge in [0.15, 0.2) is 5.79 Å². The molecule has 0 radical (unpaired) electrons. The largest absolute Gasteiger partial charge is 0.347 e. The van der Waals surface area contributed by atoms with Crippen molar-refractivity contribution in [1.82, 2.24) is 9.47 Å². The van der Waals surface area contributed by atoms with Crippen molar-refractivity contribution in [3.8, 4) is 0 Å². The Balaban J connectivity index is 1.48. The fraction of sp³-hybridized carbons (Fsp3) is 0.429. The molecule has 1 aromatic heterocycles. The van der Waals surface area contributed by atoms with Gasteiger partial charge < -0.3 is 18.9 Å². The molecule has 2 saturated heterocycles. The zero-order valence-corrected chi connectivity index (χ0v) is 15.5. The molecule has 1 atom stereocenters. The number of amides is 1. The maximum atomic E-state index is 12.9. The van der Waals surface area contributed by atoms with Gasteiger partial charge in [-0.05, 0) is 24.6 Å². The van der Waals surface area contributed by atoms with Gasteiger partial charge in [0.1, 0.15) is 5.56 Å². The van der Waals surface area contributed by atoms with Gasteiger partial charge in [-0.25, -0.2) is 0 Å². The van der Waals surface area contributed by atoms with Crippen LogP contribution in [0.3, 0.4) is 0 Å². The van der Waals surface area contributed by atoms with Gasteiger partial charge in [0.2, 0.25) is 0 Å². The van der Waals surface area contributed by atoms with Gasteiger partial charge >= 0.3 is 0 Å². The van der Waals surface area contributed by atoms with E-state index in [1.165, 1.54) is 0 Å². The van der Waals surface area contributed by atoms with Crippen molar-refractivity contribution in [2.45, 2.75) is 38.2 Å². The first-order valence-corrected chi connectivity index (χ1v) is 9.41. The lowest BCUT2D eigenvalue weighted by atomic mass is 10.0. The molecule has 6 nitrogen and oxygen atoms in total. The molecule has 2 aliphatic heterocycles. The number of hydrogen-bond acceptors (Lipinski definition) is 4. The fourth-order valence-corrected chi connectivity index (χ4v) is 3.79. The Labute approximate surface area is 158 Å². The van der Waals surface area contributed by atoms with E-state index < -0.39 is 5.79 Å². The minimum absolute atomic E-state index is 0.0894. The Morgan fingerprint density at radius 1 is 1.15 bits per heavy atom. The predicted molar refractivity (Wildman–Crippen MR) is 101 cm³/mol. The minimum Gasteiger partial charge on any atom is -0.347 e. The van der Waals surface area contributed by atoms with E-state index in [9.17, 15) is 9.59 Å². The number of aromatic nitrogens is 1. The van der Waals surface area contributed by atoms with E-state index in [1.807, 2.05) is 37.3 Å². The molecule has 2 aliphatic rings. The predicted octanol–water partition coefficient (Wildman–Crippen LogP) is 2.26. The summed E-state index contributed by atoms with van der Waals surface area (Å²) >= 11 is 0. The summed E-state index contributed by atoms with van der Waals surface area (Å²) in [6.45, 7) is 4.09. The van der Waals surface area contributed by atoms with E-state index in [2.05, 4.69) is 0 Å². The summed E-state index contributed by atoms with van der Waals surface area (Å²) in [5, 5.41) is 0. The number of carbonyl (C=O) groups is 1. The van der Waals surface area contributed by atoms with Crippen LogP contribution in [-0.4, -0.2) is 47.0 Å². The van der Waals surface area contributed by atoms with E-state index in [0.29, 0.717) is 39.1 Å². The number of likely N-dealkylation sites (tertiary alicyclic amines) is 1. The first-order valence-electron chi connectivity index (χ1n) is 9.41. The monoisotopic (exact) mass is 368 g/mol. The number of ether oxygens (including phenoxy) is 2. The van der Waals surface area contributed by atoms with Crippen LogP contribution in [0.4, 0.5) is 0 Å². The molecule has 1 aromatic carbocycles. The summed E-state index contributed by atoms with van der Waals surface area (Å²) < 4.78 is 13.3. The Kier molecular flexibility index (Phi) is 4.85. The smallest absolute Gasteiger partial charge is 0.263 e. The van der Waals surface area contributed by atoms with Crippen LogP contribution in [-0.2, 0) is 16.0 Å². The van der Waals surface area contributed by atoms with Gasteiger partial charge in [0.05, 0.1) is 19.3 Å². The van der Waals surface area contributed by atoms with Gasteiger partial charge in [0, 0.05) is 32.1 Å². The van der Waals surface area contributed by atoms with Crippen molar-refractivity contribution < 1.29 is 14.3 Å². The highest BCUT2D eigenvalue weighted by atomic mass is 16.7. The van der Waals surface area contributed by atoms with E-state index in [1.54, 1.807) is 27.8 Å². The first kappa shape index (κ1) is 17.9. The molecule has 0 aliphatic carbocycles. The number of rotatable bonds is 3. The molecular formula is C21H24N2O4. The Morgan fingerprint density at radius 3 is 2.56 bits per heavy atom. The molecule has 27 heavy (non-hydrogen) atoms. The number of carbonyl (C=O) groups excluding carboxylic acids is 1. The summed E-state index contributed by atoms with van der Waals surface area (Å²) in [6, 6.07) is 13.1. The standard InChI is InChI=1S/C21H24N2O4/c1-16-15-26-21(27-16)9-12-22(13-10-21)19(24)18-8-5-11-23(20(18)25)14-17-6-3-2-4-7-17/h2-8,11,16H,9-10,12-15H2,1H3. The first-order chi connectivity index (χ1) is 13.1. The third-order valence-corrected chi connectivity index (χ3v) is 5.26. The highest BCUT2D eigenvalue weighted by Crippen LogP contribution is 2.34. The molecule has 4 rings (SSSR count). The van der Waals surface area contributed by atoms with Crippen LogP contribution in [0.15, 0.2) is 53.5 Å². The summed E-state index contributed by atoms with van der Waals surface area (Å²) in [7, 11) is 0. The molecule has 3 heterocycles. The second-order valence-corrected chi connectivity index (χ2v) is 7.28. The fourth-order valence-electron chi connectivity index (χ4n) is 3.79. The van der Waals surface area contributed by atoms with Crippen molar-refractivity contribution in [2.24, 2.45) is 0 Å². The summed E-state index contributed by atoms with van der Waals surface area (Å²) in [5.41, 5.74) is 0.980. The highest BCUT2D eigenvalue weighted by molar-refractivity contribution is 5.93. The molecule has 2 aromatic rings. The van der Waals surface area contributed by atoms with E-state index >= 15 is 0 Å². The van der Waals surface area contributed by atoms with Crippen LogP contribution in [0.2, 0.25) is 0 Å². The lowest BCUT2D eigenvalue weighted by molar-refractivity contribution is -0.189. The zero-order chi connectivity index (χ0) is 18.9. The van der Waals surface area contributed by atoms with Crippen molar-refractivity contribution in [2.75, 3.05) is 19.7 Å². The quantitative estimate of drug-likeness (QED) is 0.834. The van der Waals surface area contributed by atoms with E-state index in [0.717, 1.165) is 5.56 Å². The highest BCUT2D eigenvalue weighted by Gasteiger charge is 2.43. The number of hydrogen-bond donors (Lipinski definition) is 0. The number of piperidine rings is 1. The molecule has 0 N–H and O–H groups in total. The Hall–Kier alpha value is -2.44. The molecule has 2 fully saturated rings. The third-order valence-electron chi connectivity index (χ3n) is 5.26. The Bertz CT molecular complexity index is 869. The molecule has 1 spiro atoms. The molecule has 1 amide bonds. The van der Waals surface area contributed by atoms with Crippen LogP contribution in [0.5, 0.6) is 0 Å². The molecule has 0 bridgehead atoms. The molecule has 142 valence electrons. The normalized spacial score (nSPS) is 21.5. The summed E-state index contributed by atoms with van der Waals surface area (Å²) in [6.07, 6.45) is 3.08. The summed E-state index contributed by atoms with van der Waals surface area (Å²) in [5.74, 6) is -0.774. The van der Waals surface area contributed by atoms with Crippen LogP contribution in [0.25, 0.3) is 0 Å². The second-order valence-electron chi connectivity index (χ2n) is 7.28. The average molecular weight is 368 g/mol. The van der Waals surface area contributed by atoms with Crippen molar-refractivity contribution in [1.29, 1.82) is 0 Å². The van der Waals surface area contributed by atoms with Crippen LogP contribution in [0.1, 0.15) is 35.7 Å². The molecule has 6 heteroatoms. The van der Waals surface area contributed by atoms with Crippen LogP contribution < -0.4 is 5.56 Å². The van der Waals surface area contributed by atoms with E-state index in [-0.39, 0.29) is 23.1 Å². The zero-order valence-electron chi connectivity index (χ0n) is 15.5. The van der Waals surface area contributed by atoms with Gasteiger partial charge in [-0.2, -0.15) is 0 Å². The Morgan fingerprint density at radius 2 is 1.89 bits per heavy atom. The van der Waals surface area contributed by atoms with Crippen molar-refractivity contribution >= 4 is 5.91 Å². The van der Waals surface area contributed by atoms with Crippen molar-refractivity contribution in [3.63, 3.8) is 0 Å². The van der Waals surface area contributed by atoms with Crippen molar-refractivity contribution in [3.05, 3.63) is 70.1 Å². The third kappa shape index (κ3) is 3.68. The lowest BCUT2D eigenvalue weighted by Crippen LogP contribution is -2.48. The van der Waals surface area contributed by atoms with Crippen LogP contribution in [0, 0.1) is 0 Å². The van der Waals surface area contributed by atoms with Gasteiger partial charge in [-0.1, -0.05) is 30.3 Å².